The summed E-state index contributed by atoms with van der Waals surface area (Å²) < 4.78 is 11.5. The topological polar surface area (TPSA) is 61.3 Å². The lowest BCUT2D eigenvalue weighted by molar-refractivity contribution is 0.0734. The Labute approximate surface area is 220 Å². The van der Waals surface area contributed by atoms with E-state index in [2.05, 4.69) is 23.8 Å². The van der Waals surface area contributed by atoms with Crippen molar-refractivity contribution in [2.75, 3.05) is 0 Å². The summed E-state index contributed by atoms with van der Waals surface area (Å²) in [6.45, 7) is 6.44. The minimum absolute atomic E-state index is 0.0666. The summed E-state index contributed by atoms with van der Waals surface area (Å²) in [7, 11) is 0. The van der Waals surface area contributed by atoms with E-state index in [9.17, 15) is 4.79 Å². The van der Waals surface area contributed by atoms with E-state index < -0.39 is 5.97 Å². The summed E-state index contributed by atoms with van der Waals surface area (Å²) in [4.78, 5) is 21.6. The Kier molecular flexibility index (Phi) is 11.2. The highest BCUT2D eigenvalue weighted by molar-refractivity contribution is 6.32. The maximum absolute atomic E-state index is 12.7. The van der Waals surface area contributed by atoms with Crippen LogP contribution < -0.4 is 9.47 Å². The van der Waals surface area contributed by atoms with Gasteiger partial charge in [0.05, 0.1) is 16.7 Å². The van der Waals surface area contributed by atoms with Crippen LogP contribution in [-0.4, -0.2) is 22.0 Å². The molecular weight excluding hydrogens is 472 g/mol. The summed E-state index contributed by atoms with van der Waals surface area (Å²) >= 11 is 6.39. The Morgan fingerprint density at radius 3 is 2.28 bits per heavy atom. The maximum atomic E-state index is 12.7. The van der Waals surface area contributed by atoms with Gasteiger partial charge in [-0.05, 0) is 80.6 Å². The summed E-state index contributed by atoms with van der Waals surface area (Å²) in [6, 6.07) is 12.2. The Morgan fingerprint density at radius 1 is 0.917 bits per heavy atom. The maximum Gasteiger partial charge on any atom is 0.343 e. The van der Waals surface area contributed by atoms with Crippen molar-refractivity contribution < 1.29 is 14.3 Å². The lowest BCUT2D eigenvalue weighted by atomic mass is 10.1. The van der Waals surface area contributed by atoms with Crippen molar-refractivity contribution in [1.82, 2.24) is 9.97 Å². The predicted octanol–water partition coefficient (Wildman–Crippen LogP) is 8.49. The number of rotatable bonds is 14. The first-order valence-electron chi connectivity index (χ1n) is 13.1. The van der Waals surface area contributed by atoms with Crippen molar-refractivity contribution >= 4 is 17.6 Å². The number of carbonyl (C=O) groups excluding carboxylic acids is 1. The van der Waals surface area contributed by atoms with E-state index >= 15 is 0 Å². The molecule has 0 aliphatic carbocycles. The van der Waals surface area contributed by atoms with Crippen LogP contribution in [0.4, 0.5) is 0 Å². The molecule has 0 spiro atoms. The third-order valence-electron chi connectivity index (χ3n) is 6.06. The summed E-state index contributed by atoms with van der Waals surface area (Å²) in [5, 5.41) is 0.399. The first-order chi connectivity index (χ1) is 17.5. The molecule has 0 radical (unpaired) electrons. The second-order valence-corrected chi connectivity index (χ2v) is 9.62. The van der Waals surface area contributed by atoms with Crippen molar-refractivity contribution in [2.24, 2.45) is 0 Å². The summed E-state index contributed by atoms with van der Waals surface area (Å²) in [5.41, 5.74) is 2.38. The Hall–Kier alpha value is -2.92. The van der Waals surface area contributed by atoms with Crippen LogP contribution in [0.15, 0.2) is 54.9 Å². The number of benzene rings is 2. The number of esters is 1. The average Bonchev–Trinajstić information content (AvgIpc) is 2.89. The summed E-state index contributed by atoms with van der Waals surface area (Å²) in [6.07, 6.45) is 14.2. The minimum atomic E-state index is -0.475. The Balaban J connectivity index is 1.54. The van der Waals surface area contributed by atoms with Gasteiger partial charge in [-0.2, -0.15) is 0 Å². The van der Waals surface area contributed by atoms with Crippen molar-refractivity contribution in [3.8, 4) is 22.9 Å². The average molecular weight is 509 g/mol. The van der Waals surface area contributed by atoms with Gasteiger partial charge in [0.25, 0.3) is 0 Å². The highest BCUT2D eigenvalue weighted by atomic mass is 35.5. The van der Waals surface area contributed by atoms with Gasteiger partial charge in [0.2, 0.25) is 0 Å². The molecule has 192 valence electrons. The largest absolute Gasteiger partial charge is 0.489 e. The van der Waals surface area contributed by atoms with Crippen LogP contribution in [0.25, 0.3) is 11.4 Å². The summed E-state index contributed by atoms with van der Waals surface area (Å²) in [5.74, 6) is 1.19. The molecule has 0 N–H and O–H groups in total. The molecule has 1 heterocycles. The molecule has 0 saturated carbocycles. The number of halogens is 1. The number of carbonyl (C=O) groups is 1. The SMILES string of the molecule is CCCCCCC(C)Oc1ccc(C(=O)Oc2ccc(-c3ncc(CCCCC)cn3)cc2)cc1Cl. The number of aryl methyl sites for hydroxylation is 1. The second kappa shape index (κ2) is 14.6. The fourth-order valence-corrected chi connectivity index (χ4v) is 4.13. The predicted molar refractivity (Wildman–Crippen MR) is 146 cm³/mol. The third-order valence-corrected chi connectivity index (χ3v) is 6.35. The van der Waals surface area contributed by atoms with Gasteiger partial charge in [-0.25, -0.2) is 14.8 Å². The molecule has 1 unspecified atom stereocenters. The van der Waals surface area contributed by atoms with Crippen molar-refractivity contribution in [1.29, 1.82) is 0 Å². The van der Waals surface area contributed by atoms with Crippen LogP contribution in [0.2, 0.25) is 5.02 Å². The minimum Gasteiger partial charge on any atom is -0.489 e. The molecule has 0 fully saturated rings. The molecule has 1 atom stereocenters. The lowest BCUT2D eigenvalue weighted by Gasteiger charge is -2.16. The van der Waals surface area contributed by atoms with Gasteiger partial charge < -0.3 is 9.47 Å². The second-order valence-electron chi connectivity index (χ2n) is 9.21. The zero-order chi connectivity index (χ0) is 25.8. The highest BCUT2D eigenvalue weighted by Gasteiger charge is 2.14. The van der Waals surface area contributed by atoms with Crippen LogP contribution in [-0.2, 0) is 6.42 Å². The fraction of sp³-hybridized carbons (Fsp3) is 0.433. The van der Waals surface area contributed by atoms with Crippen LogP contribution in [0.5, 0.6) is 11.5 Å². The Bertz CT molecular complexity index is 1080. The number of unbranched alkanes of at least 4 members (excludes halogenated alkanes) is 5. The number of aromatic nitrogens is 2. The van der Waals surface area contributed by atoms with Gasteiger partial charge in [0, 0.05) is 18.0 Å². The smallest absolute Gasteiger partial charge is 0.343 e. The molecule has 6 heteroatoms. The molecule has 0 bridgehead atoms. The lowest BCUT2D eigenvalue weighted by Crippen LogP contribution is -2.13. The molecule has 0 saturated heterocycles. The molecule has 3 rings (SSSR count). The number of hydrogen-bond donors (Lipinski definition) is 0. The fourth-order valence-electron chi connectivity index (χ4n) is 3.91. The van der Waals surface area contributed by atoms with Gasteiger partial charge in [-0.3, -0.25) is 0 Å². The monoisotopic (exact) mass is 508 g/mol. The van der Waals surface area contributed by atoms with Crippen molar-refractivity contribution in [3.63, 3.8) is 0 Å². The standard InChI is InChI=1S/C30H37ClN2O3/c1-4-6-8-10-11-22(3)35-28-18-15-25(19-27(28)31)30(34)36-26-16-13-24(14-17-26)29-32-20-23(21-33-29)12-9-7-5-2/h13-22H,4-12H2,1-3H3. The zero-order valence-electron chi connectivity index (χ0n) is 21.6. The van der Waals surface area contributed by atoms with E-state index in [0.717, 1.165) is 36.8 Å². The number of hydrogen-bond acceptors (Lipinski definition) is 5. The zero-order valence-corrected chi connectivity index (χ0v) is 22.4. The van der Waals surface area contributed by atoms with E-state index in [1.165, 1.54) is 32.1 Å². The van der Waals surface area contributed by atoms with E-state index in [0.29, 0.717) is 27.9 Å². The van der Waals surface area contributed by atoms with Gasteiger partial charge in [0.1, 0.15) is 11.5 Å². The normalized spacial score (nSPS) is 11.8. The van der Waals surface area contributed by atoms with Gasteiger partial charge in [-0.15, -0.1) is 0 Å². The van der Waals surface area contributed by atoms with Crippen LogP contribution in [0.3, 0.4) is 0 Å². The number of nitrogens with zero attached hydrogens (tertiary/aromatic N) is 2. The number of ether oxygens (including phenoxy) is 2. The first-order valence-corrected chi connectivity index (χ1v) is 13.5. The molecule has 5 nitrogen and oxygen atoms in total. The highest BCUT2D eigenvalue weighted by Crippen LogP contribution is 2.28. The Morgan fingerprint density at radius 2 is 1.61 bits per heavy atom. The molecule has 3 aromatic rings. The molecule has 0 aliphatic rings. The van der Waals surface area contributed by atoms with E-state index in [1.807, 2.05) is 31.5 Å². The van der Waals surface area contributed by atoms with Gasteiger partial charge >= 0.3 is 5.97 Å². The van der Waals surface area contributed by atoms with Crippen LogP contribution in [0.1, 0.15) is 88.1 Å². The van der Waals surface area contributed by atoms with E-state index in [4.69, 9.17) is 21.1 Å². The quantitative estimate of drug-likeness (QED) is 0.124. The van der Waals surface area contributed by atoms with Gasteiger partial charge in [-0.1, -0.05) is 57.6 Å². The van der Waals surface area contributed by atoms with E-state index in [1.54, 1.807) is 30.3 Å². The van der Waals surface area contributed by atoms with Crippen LogP contribution in [0, 0.1) is 0 Å². The molecule has 1 aromatic heterocycles. The molecule has 2 aromatic carbocycles. The molecular formula is C30H37ClN2O3. The van der Waals surface area contributed by atoms with Crippen LogP contribution >= 0.6 is 11.6 Å². The molecule has 0 aliphatic heterocycles. The van der Waals surface area contributed by atoms with E-state index in [-0.39, 0.29) is 6.10 Å². The van der Waals surface area contributed by atoms with Gasteiger partial charge in [0.15, 0.2) is 5.82 Å². The molecule has 0 amide bonds. The van der Waals surface area contributed by atoms with Crippen molar-refractivity contribution in [2.45, 2.75) is 84.7 Å². The first kappa shape index (κ1) is 27.7. The van der Waals surface area contributed by atoms with Crippen molar-refractivity contribution in [3.05, 3.63) is 71.0 Å². The molecule has 36 heavy (non-hydrogen) atoms. The third kappa shape index (κ3) is 8.63.